The van der Waals surface area contributed by atoms with Gasteiger partial charge in [-0.25, -0.2) is 0 Å². The molecular weight excluding hydrogens is 312 g/mol. The first-order valence-corrected chi connectivity index (χ1v) is 7.12. The van der Waals surface area contributed by atoms with E-state index < -0.39 is 0 Å². The van der Waals surface area contributed by atoms with Crippen LogP contribution in [0.4, 0.5) is 0 Å². The highest BCUT2D eigenvalue weighted by atomic mass is 79.9. The van der Waals surface area contributed by atoms with Gasteiger partial charge in [0.25, 0.3) is 0 Å². The SMILES string of the molecule is N#CC[C@H](c1ccccc1)[C@@H](C#N)c1ccc(Br)cc1. The van der Waals surface area contributed by atoms with Gasteiger partial charge in [-0.05, 0) is 23.3 Å². The molecule has 0 radical (unpaired) electrons. The monoisotopic (exact) mass is 324 g/mol. The Morgan fingerprint density at radius 2 is 1.55 bits per heavy atom. The molecule has 0 aliphatic rings. The van der Waals surface area contributed by atoms with E-state index in [1.165, 1.54) is 0 Å². The van der Waals surface area contributed by atoms with E-state index in [0.29, 0.717) is 6.42 Å². The summed E-state index contributed by atoms with van der Waals surface area (Å²) in [5.74, 6) is -0.419. The highest BCUT2D eigenvalue weighted by Gasteiger charge is 2.24. The van der Waals surface area contributed by atoms with Gasteiger partial charge in [0.05, 0.1) is 18.1 Å². The third-order valence-corrected chi connectivity index (χ3v) is 3.84. The largest absolute Gasteiger partial charge is 0.198 e. The van der Waals surface area contributed by atoms with E-state index in [-0.39, 0.29) is 11.8 Å². The van der Waals surface area contributed by atoms with Crippen LogP contribution in [0.15, 0.2) is 59.1 Å². The maximum atomic E-state index is 9.54. The molecule has 0 unspecified atom stereocenters. The lowest BCUT2D eigenvalue weighted by atomic mass is 9.80. The molecule has 2 nitrogen and oxygen atoms in total. The number of hydrogen-bond donors (Lipinski definition) is 0. The van der Waals surface area contributed by atoms with Crippen LogP contribution >= 0.6 is 15.9 Å². The van der Waals surface area contributed by atoms with Crippen LogP contribution in [0.2, 0.25) is 0 Å². The van der Waals surface area contributed by atoms with Crippen molar-refractivity contribution in [2.45, 2.75) is 18.3 Å². The average molecular weight is 325 g/mol. The predicted octanol–water partition coefficient (Wildman–Crippen LogP) is 4.75. The lowest BCUT2D eigenvalue weighted by molar-refractivity contribution is 0.641. The van der Waals surface area contributed by atoms with Crippen molar-refractivity contribution in [2.75, 3.05) is 0 Å². The van der Waals surface area contributed by atoms with Crippen molar-refractivity contribution in [2.24, 2.45) is 0 Å². The summed E-state index contributed by atoms with van der Waals surface area (Å²) in [5, 5.41) is 18.6. The van der Waals surface area contributed by atoms with Crippen LogP contribution in [-0.4, -0.2) is 0 Å². The van der Waals surface area contributed by atoms with Gasteiger partial charge in [-0.1, -0.05) is 58.4 Å². The number of halogens is 1. The molecule has 0 aliphatic heterocycles. The van der Waals surface area contributed by atoms with Crippen LogP contribution in [-0.2, 0) is 0 Å². The van der Waals surface area contributed by atoms with Crippen molar-refractivity contribution >= 4 is 15.9 Å². The zero-order chi connectivity index (χ0) is 14.4. The molecule has 0 amide bonds. The minimum absolute atomic E-state index is 0.104. The maximum absolute atomic E-state index is 9.54. The molecule has 0 fully saturated rings. The summed E-state index contributed by atoms with van der Waals surface area (Å²) in [7, 11) is 0. The molecule has 0 saturated heterocycles. The Hall–Kier alpha value is -2.10. The normalized spacial score (nSPS) is 12.9. The summed E-state index contributed by atoms with van der Waals surface area (Å²) >= 11 is 3.39. The van der Waals surface area contributed by atoms with Gasteiger partial charge in [0.15, 0.2) is 0 Å². The van der Waals surface area contributed by atoms with Gasteiger partial charge in [-0.15, -0.1) is 0 Å². The first kappa shape index (κ1) is 14.3. The summed E-state index contributed by atoms with van der Waals surface area (Å²) in [5.41, 5.74) is 1.98. The average Bonchev–Trinajstić information content (AvgIpc) is 2.50. The fraction of sp³-hybridized carbons (Fsp3) is 0.176. The smallest absolute Gasteiger partial charge is 0.0791 e. The first-order chi connectivity index (χ1) is 9.76. The second-order valence-corrected chi connectivity index (χ2v) is 5.45. The van der Waals surface area contributed by atoms with E-state index in [2.05, 4.69) is 28.1 Å². The Morgan fingerprint density at radius 1 is 0.900 bits per heavy atom. The molecule has 2 atom stereocenters. The zero-order valence-electron chi connectivity index (χ0n) is 10.8. The molecule has 0 N–H and O–H groups in total. The van der Waals surface area contributed by atoms with E-state index in [0.717, 1.165) is 15.6 Å². The molecule has 0 bridgehead atoms. The van der Waals surface area contributed by atoms with Crippen LogP contribution in [0, 0.1) is 22.7 Å². The summed E-state index contributed by atoms with van der Waals surface area (Å²) in [6, 6.07) is 22.1. The zero-order valence-corrected chi connectivity index (χ0v) is 12.4. The van der Waals surface area contributed by atoms with Crippen molar-refractivity contribution in [1.29, 1.82) is 10.5 Å². The second-order valence-electron chi connectivity index (χ2n) is 4.54. The number of nitriles is 2. The van der Waals surface area contributed by atoms with Gasteiger partial charge in [-0.2, -0.15) is 10.5 Å². The Bertz CT molecular complexity index is 635. The maximum Gasteiger partial charge on any atom is 0.0791 e. The Balaban J connectivity index is 2.39. The Morgan fingerprint density at radius 3 is 2.10 bits per heavy atom. The van der Waals surface area contributed by atoms with Gasteiger partial charge in [0.2, 0.25) is 0 Å². The summed E-state index contributed by atoms with van der Waals surface area (Å²) in [4.78, 5) is 0. The third-order valence-electron chi connectivity index (χ3n) is 3.31. The molecular formula is C17H13BrN2. The third kappa shape index (κ3) is 3.26. The first-order valence-electron chi connectivity index (χ1n) is 6.33. The van der Waals surface area contributed by atoms with E-state index in [4.69, 9.17) is 5.26 Å². The molecule has 0 aliphatic carbocycles. The van der Waals surface area contributed by atoms with Crippen LogP contribution in [0.5, 0.6) is 0 Å². The molecule has 98 valence electrons. The van der Waals surface area contributed by atoms with Crippen LogP contribution in [0.3, 0.4) is 0 Å². The van der Waals surface area contributed by atoms with E-state index in [1.54, 1.807) is 0 Å². The van der Waals surface area contributed by atoms with E-state index in [1.807, 2.05) is 54.6 Å². The molecule has 0 saturated carbocycles. The van der Waals surface area contributed by atoms with Crippen molar-refractivity contribution < 1.29 is 0 Å². The number of nitrogens with zero attached hydrogens (tertiary/aromatic N) is 2. The number of rotatable bonds is 4. The van der Waals surface area contributed by atoms with Crippen LogP contribution < -0.4 is 0 Å². The van der Waals surface area contributed by atoms with Gasteiger partial charge in [0, 0.05) is 16.8 Å². The van der Waals surface area contributed by atoms with Crippen molar-refractivity contribution in [3.8, 4) is 12.1 Å². The standard InChI is InChI=1S/C17H13BrN2/c18-15-8-6-14(7-9-15)17(12-20)16(10-11-19)13-4-2-1-3-5-13/h1-9,16-17H,10H2/t16-,17+/m1/s1. The highest BCUT2D eigenvalue weighted by Crippen LogP contribution is 2.35. The lowest BCUT2D eigenvalue weighted by Gasteiger charge is -2.20. The van der Waals surface area contributed by atoms with Gasteiger partial charge in [-0.3, -0.25) is 0 Å². The molecule has 0 aromatic heterocycles. The minimum atomic E-state index is -0.315. The van der Waals surface area contributed by atoms with Gasteiger partial charge >= 0.3 is 0 Å². The molecule has 20 heavy (non-hydrogen) atoms. The van der Waals surface area contributed by atoms with E-state index in [9.17, 15) is 5.26 Å². The fourth-order valence-electron chi connectivity index (χ4n) is 2.29. The predicted molar refractivity (Wildman–Crippen MR) is 81.9 cm³/mol. The van der Waals surface area contributed by atoms with Gasteiger partial charge < -0.3 is 0 Å². The van der Waals surface area contributed by atoms with Crippen molar-refractivity contribution in [3.63, 3.8) is 0 Å². The lowest BCUT2D eigenvalue weighted by Crippen LogP contribution is -2.09. The fourth-order valence-corrected chi connectivity index (χ4v) is 2.56. The highest BCUT2D eigenvalue weighted by molar-refractivity contribution is 9.10. The molecule has 2 aromatic carbocycles. The summed E-state index contributed by atoms with van der Waals surface area (Å²) in [6.45, 7) is 0. The summed E-state index contributed by atoms with van der Waals surface area (Å²) < 4.78 is 0.981. The van der Waals surface area contributed by atoms with Crippen molar-refractivity contribution in [3.05, 3.63) is 70.2 Å². The van der Waals surface area contributed by atoms with Crippen molar-refractivity contribution in [1.82, 2.24) is 0 Å². The quantitative estimate of drug-likeness (QED) is 0.814. The van der Waals surface area contributed by atoms with Gasteiger partial charge in [0.1, 0.15) is 0 Å². The topological polar surface area (TPSA) is 47.6 Å². The molecule has 0 heterocycles. The van der Waals surface area contributed by atoms with E-state index >= 15 is 0 Å². The Kier molecular flexibility index (Phi) is 4.93. The number of hydrogen-bond acceptors (Lipinski definition) is 2. The Labute approximate surface area is 127 Å². The second kappa shape index (κ2) is 6.89. The van der Waals surface area contributed by atoms with Crippen LogP contribution in [0.1, 0.15) is 29.4 Å². The summed E-state index contributed by atoms with van der Waals surface area (Å²) in [6.07, 6.45) is 0.332. The molecule has 2 rings (SSSR count). The van der Waals surface area contributed by atoms with Crippen LogP contribution in [0.25, 0.3) is 0 Å². The number of benzene rings is 2. The molecule has 3 heteroatoms. The molecule has 0 spiro atoms. The minimum Gasteiger partial charge on any atom is -0.198 e. The molecule has 2 aromatic rings.